The molecule has 0 radical (unpaired) electrons. The van der Waals surface area contributed by atoms with Gasteiger partial charge in [0, 0.05) is 39.0 Å². The van der Waals surface area contributed by atoms with Crippen LogP contribution in [0.1, 0.15) is 80.5 Å². The first-order chi connectivity index (χ1) is 31.9. The Balaban J connectivity index is 1.03. The lowest BCUT2D eigenvalue weighted by Crippen LogP contribution is -2.67. The number of carbonyl (C=O) groups excluding carboxylic acids is 2. The van der Waals surface area contributed by atoms with Crippen molar-refractivity contribution in [2.45, 2.75) is 83.2 Å². The maximum atomic E-state index is 15.3. The number of ether oxygens (including phenoxy) is 3. The molecule has 8 atom stereocenters. The smallest absolute Gasteiger partial charge is 0.416 e. The van der Waals surface area contributed by atoms with E-state index in [1.807, 2.05) is 48.5 Å². The number of aliphatic hydroxyl groups is 2. The minimum Gasteiger partial charge on any atom is -0.497 e. The summed E-state index contributed by atoms with van der Waals surface area (Å²) in [6.45, 7) is 4.30. The number of ketones is 1. The number of furan rings is 1. The molecule has 11 rings (SSSR count). The van der Waals surface area contributed by atoms with Gasteiger partial charge in [-0.25, -0.2) is 4.79 Å². The summed E-state index contributed by atoms with van der Waals surface area (Å²) in [5.74, 6) is 0.643. The van der Waals surface area contributed by atoms with E-state index >= 15 is 4.79 Å². The zero-order valence-electron chi connectivity index (χ0n) is 37.8. The van der Waals surface area contributed by atoms with Gasteiger partial charge in [0.05, 0.1) is 49.6 Å². The van der Waals surface area contributed by atoms with E-state index in [9.17, 15) is 28.2 Å². The molecule has 2 spiro atoms. The average Bonchev–Trinajstić information content (AvgIpc) is 3.90. The number of nitrogens with zero attached hydrogens (tertiary/aromatic N) is 1. The van der Waals surface area contributed by atoms with Crippen LogP contribution in [0.15, 0.2) is 119 Å². The van der Waals surface area contributed by atoms with Gasteiger partial charge in [0.2, 0.25) is 5.78 Å². The summed E-state index contributed by atoms with van der Waals surface area (Å²) in [5, 5.41) is 26.5. The fraction of sp³-hybridized carbons (Fsp3) is 0.407. The third-order valence-corrected chi connectivity index (χ3v) is 17.2. The van der Waals surface area contributed by atoms with E-state index in [2.05, 4.69) is 26.0 Å². The van der Waals surface area contributed by atoms with Crippen LogP contribution in [0.5, 0.6) is 17.2 Å². The number of Topliss-reactive ketones (excluding diaryl/α,β-unsaturated/α-hetero) is 1. The summed E-state index contributed by atoms with van der Waals surface area (Å²) in [6.07, 6.45) is 4.40. The molecule has 2 N–H and O–H groups in total. The van der Waals surface area contributed by atoms with Crippen molar-refractivity contribution in [3.8, 4) is 28.6 Å². The molecule has 3 fully saturated rings. The Morgan fingerprint density at radius 2 is 1.57 bits per heavy atom. The Hall–Kier alpha value is -5.56. The van der Waals surface area contributed by atoms with Gasteiger partial charge in [0.15, 0.2) is 5.76 Å². The number of benzene rings is 4. The summed E-state index contributed by atoms with van der Waals surface area (Å²) >= 11 is 6.43. The van der Waals surface area contributed by atoms with Crippen LogP contribution in [0, 0.1) is 33.5 Å². The third kappa shape index (κ3) is 7.02. The normalized spacial score (nSPS) is 30.5. The number of alkyl halides is 3. The number of amides is 1. The number of halogens is 4. The highest BCUT2D eigenvalue weighted by Gasteiger charge is 2.74. The number of hydrogen-bond acceptors (Lipinski definition) is 8. The first-order valence-electron chi connectivity index (χ1n) is 22.9. The highest BCUT2D eigenvalue weighted by Crippen LogP contribution is 2.78. The lowest BCUT2D eigenvalue weighted by atomic mass is 9.32. The molecule has 2 bridgehead atoms. The van der Waals surface area contributed by atoms with Crippen molar-refractivity contribution in [3.05, 3.63) is 137 Å². The van der Waals surface area contributed by atoms with Crippen LogP contribution in [-0.2, 0) is 12.7 Å². The van der Waals surface area contributed by atoms with Gasteiger partial charge in [0.25, 0.3) is 0 Å². The van der Waals surface area contributed by atoms with E-state index in [-0.39, 0.29) is 52.4 Å². The van der Waals surface area contributed by atoms with Crippen LogP contribution in [0.3, 0.4) is 0 Å². The van der Waals surface area contributed by atoms with Crippen molar-refractivity contribution in [2.75, 3.05) is 20.8 Å². The summed E-state index contributed by atoms with van der Waals surface area (Å²) in [4.78, 5) is 31.5. The molecule has 1 amide bonds. The number of carbonyl (C=O) groups is 2. The number of hydrogen-bond donors (Lipinski definition) is 2. The van der Waals surface area contributed by atoms with Crippen LogP contribution < -0.4 is 14.2 Å². The quantitative estimate of drug-likeness (QED) is 0.105. The largest absolute Gasteiger partial charge is 0.497 e. The molecule has 3 saturated carbocycles. The van der Waals surface area contributed by atoms with E-state index in [0.717, 1.165) is 35.4 Å². The van der Waals surface area contributed by atoms with Crippen molar-refractivity contribution < 1.29 is 51.6 Å². The Morgan fingerprint density at radius 3 is 2.33 bits per heavy atom. The average molecular weight is 936 g/mol. The molecule has 6 aliphatic rings. The van der Waals surface area contributed by atoms with Crippen molar-refractivity contribution >= 4 is 34.2 Å². The Morgan fingerprint density at radius 1 is 0.836 bits per heavy atom. The summed E-state index contributed by atoms with van der Waals surface area (Å²) < 4.78 is 65.0. The van der Waals surface area contributed by atoms with Crippen LogP contribution in [0.25, 0.3) is 22.1 Å². The Labute approximate surface area is 392 Å². The first-order valence-corrected chi connectivity index (χ1v) is 23.3. The molecule has 0 aliphatic heterocycles. The molecule has 67 heavy (non-hydrogen) atoms. The number of fused-ring (bicyclic) bond motifs is 2. The predicted octanol–water partition coefficient (Wildman–Crippen LogP) is 12.3. The second-order valence-electron chi connectivity index (χ2n) is 19.9. The zero-order valence-corrected chi connectivity index (χ0v) is 38.5. The maximum absolute atomic E-state index is 15.3. The first kappa shape index (κ1) is 45.2. The van der Waals surface area contributed by atoms with Crippen molar-refractivity contribution in [2.24, 2.45) is 33.5 Å². The molecule has 8 unspecified atom stereocenters. The molecule has 0 saturated heterocycles. The summed E-state index contributed by atoms with van der Waals surface area (Å²) in [7, 11) is 3.11. The van der Waals surface area contributed by atoms with Crippen molar-refractivity contribution in [3.63, 3.8) is 0 Å². The van der Waals surface area contributed by atoms with Gasteiger partial charge in [-0.2, -0.15) is 13.2 Å². The maximum Gasteiger partial charge on any atom is 0.416 e. The highest BCUT2D eigenvalue weighted by atomic mass is 35.5. The fourth-order valence-electron chi connectivity index (χ4n) is 13.3. The summed E-state index contributed by atoms with van der Waals surface area (Å²) in [6, 6.07) is 24.5. The van der Waals surface area contributed by atoms with Gasteiger partial charge in [-0.15, -0.1) is 0 Å². The molecular weight excluding hydrogens is 883 g/mol. The highest BCUT2D eigenvalue weighted by molar-refractivity contribution is 6.33. The van der Waals surface area contributed by atoms with Crippen LogP contribution in [0.2, 0.25) is 5.02 Å². The van der Waals surface area contributed by atoms with Crippen molar-refractivity contribution in [1.82, 2.24) is 4.90 Å². The van der Waals surface area contributed by atoms with Gasteiger partial charge in [-0.1, -0.05) is 74.0 Å². The van der Waals surface area contributed by atoms with E-state index in [4.69, 9.17) is 30.2 Å². The van der Waals surface area contributed by atoms with Gasteiger partial charge in [-0.3, -0.25) is 4.79 Å². The van der Waals surface area contributed by atoms with Crippen LogP contribution in [-0.4, -0.2) is 59.5 Å². The minimum atomic E-state index is -4.62. The number of methoxy groups -OCH3 is 2. The van der Waals surface area contributed by atoms with E-state index in [0.29, 0.717) is 66.9 Å². The minimum absolute atomic E-state index is 0.00856. The Kier molecular flexibility index (Phi) is 10.8. The molecule has 6 aliphatic carbocycles. The summed E-state index contributed by atoms with van der Waals surface area (Å²) in [5.41, 5.74) is -3.91. The predicted molar refractivity (Wildman–Crippen MR) is 247 cm³/mol. The van der Waals surface area contributed by atoms with Crippen LogP contribution in [0.4, 0.5) is 18.0 Å². The standard InChI is InChI=1S/C54H53ClF3NO8/c1-49-20-17-36(60)28-51(49)23-24-53(40(29-51)47(61)43-16-15-42(67-43)39-26-35(54(56,57)58)11-14-41(39)55)45(49)18-21-50(2)46(53)19-22-52(50,63)31-59(30-34-10-12-37(64-3)27-44(34)65-4)48(62)66-38-13-9-32-7-5-6-8-33(32)25-38/h5-16,23-27,29,36,45-46,60,63H,17-22,28,30-31H2,1-4H3. The molecule has 1 aromatic heterocycles. The second-order valence-corrected chi connectivity index (χ2v) is 20.3. The number of rotatable bonds is 10. The van der Waals surface area contributed by atoms with E-state index in [1.165, 1.54) is 17.0 Å². The van der Waals surface area contributed by atoms with Gasteiger partial charge in [-0.05, 0) is 128 Å². The van der Waals surface area contributed by atoms with Gasteiger partial charge < -0.3 is 33.7 Å². The monoisotopic (exact) mass is 935 g/mol. The fourth-order valence-corrected chi connectivity index (χ4v) is 13.5. The molecule has 13 heteroatoms. The second kappa shape index (κ2) is 16.0. The zero-order chi connectivity index (χ0) is 47.3. The van der Waals surface area contributed by atoms with Crippen molar-refractivity contribution in [1.29, 1.82) is 0 Å². The number of aliphatic hydroxyl groups excluding tert-OH is 1. The third-order valence-electron chi connectivity index (χ3n) is 16.8. The molecule has 9 nitrogen and oxygen atoms in total. The lowest BCUT2D eigenvalue weighted by Gasteiger charge is -2.71. The molecule has 350 valence electrons. The Bertz CT molecular complexity index is 2870. The van der Waals surface area contributed by atoms with Crippen LogP contribution >= 0.6 is 11.6 Å². The SMILES string of the molecule is COc1ccc(CN(CC2(O)CCC3C45C=CC6(C=C4C(=O)c4ccc(-c7cc(C(F)(F)F)ccc7Cl)o4)CC(O)CCC6(C)C5CCC32C)C(=O)Oc2ccc3ccccc3c2)c(OC)c1. The van der Waals surface area contributed by atoms with E-state index in [1.54, 1.807) is 32.4 Å². The topological polar surface area (TPSA) is 119 Å². The molecule has 5 aromatic rings. The molecule has 1 heterocycles. The lowest BCUT2D eigenvalue weighted by molar-refractivity contribution is -0.175. The molecule has 4 aromatic carbocycles. The number of allylic oxidation sites excluding steroid dienone is 4. The van der Waals surface area contributed by atoms with Gasteiger partial charge >= 0.3 is 12.3 Å². The molecular formula is C54H53ClF3NO8. The van der Waals surface area contributed by atoms with Gasteiger partial charge in [0.1, 0.15) is 23.0 Å². The van der Waals surface area contributed by atoms with E-state index < -0.39 is 51.6 Å².